The number of furan rings is 1. The van der Waals surface area contributed by atoms with Gasteiger partial charge in [-0.2, -0.15) is 0 Å². The fourth-order valence-electron chi connectivity index (χ4n) is 6.94. The fourth-order valence-corrected chi connectivity index (χ4v) is 6.94. The van der Waals surface area contributed by atoms with Gasteiger partial charge in [0, 0.05) is 46.1 Å². The average molecular weight is 654 g/mol. The summed E-state index contributed by atoms with van der Waals surface area (Å²) in [5, 5.41) is 0. The van der Waals surface area contributed by atoms with E-state index in [4.69, 9.17) is 18.6 Å². The van der Waals surface area contributed by atoms with E-state index in [0.717, 1.165) is 76.6 Å². The second-order valence-corrected chi connectivity index (χ2v) is 13.6. The van der Waals surface area contributed by atoms with Crippen molar-refractivity contribution in [2.24, 2.45) is 10.8 Å². The lowest BCUT2D eigenvalue weighted by atomic mass is 9.66. The van der Waals surface area contributed by atoms with Gasteiger partial charge in [0.15, 0.2) is 5.76 Å². The van der Waals surface area contributed by atoms with Gasteiger partial charge in [0.05, 0.1) is 11.7 Å². The first kappa shape index (κ1) is 36.1. The summed E-state index contributed by atoms with van der Waals surface area (Å²) < 4.78 is 21.8. The van der Waals surface area contributed by atoms with Gasteiger partial charge in [-0.1, -0.05) is 25.3 Å². The summed E-state index contributed by atoms with van der Waals surface area (Å²) >= 11 is 0. The molecule has 3 heterocycles. The van der Waals surface area contributed by atoms with Gasteiger partial charge in [0.25, 0.3) is 5.91 Å². The van der Waals surface area contributed by atoms with Gasteiger partial charge in [-0.15, -0.1) is 0 Å². The maximum absolute atomic E-state index is 13.5. The summed E-state index contributed by atoms with van der Waals surface area (Å²) in [6.07, 6.45) is 13.1. The number of ether oxygens (including phenoxy) is 3. The van der Waals surface area contributed by atoms with E-state index in [2.05, 4.69) is 9.88 Å². The Bertz CT molecular complexity index is 1270. The van der Waals surface area contributed by atoms with Crippen molar-refractivity contribution in [3.05, 3.63) is 48.0 Å². The highest BCUT2D eigenvalue weighted by atomic mass is 16.6. The second kappa shape index (κ2) is 16.9. The minimum atomic E-state index is -0.820. The molecular formula is C36H51N3O8. The number of hydrogen-bond acceptors (Lipinski definition) is 10. The molecule has 1 saturated carbocycles. The predicted octanol–water partition coefficient (Wildman–Crippen LogP) is 5.89. The quantitative estimate of drug-likeness (QED) is 0.170. The van der Waals surface area contributed by atoms with Crippen LogP contribution >= 0.6 is 0 Å². The molecule has 1 aliphatic carbocycles. The normalized spacial score (nSPS) is 17.1. The van der Waals surface area contributed by atoms with E-state index >= 15 is 0 Å². The largest absolute Gasteiger partial charge is 0.465 e. The number of amides is 1. The second-order valence-electron chi connectivity index (χ2n) is 13.6. The van der Waals surface area contributed by atoms with Crippen molar-refractivity contribution in [3.8, 4) is 0 Å². The van der Waals surface area contributed by atoms with Crippen LogP contribution in [0.4, 0.5) is 5.82 Å². The van der Waals surface area contributed by atoms with E-state index < -0.39 is 23.3 Å². The Morgan fingerprint density at radius 2 is 1.53 bits per heavy atom. The number of pyridine rings is 1. The summed E-state index contributed by atoms with van der Waals surface area (Å²) in [7, 11) is 0. The Labute approximate surface area is 278 Å². The lowest BCUT2D eigenvalue weighted by molar-refractivity contribution is -0.160. The molecule has 11 nitrogen and oxygen atoms in total. The zero-order valence-corrected chi connectivity index (χ0v) is 28.5. The molecule has 1 aliphatic heterocycles. The first-order valence-electron chi connectivity index (χ1n) is 16.9. The third kappa shape index (κ3) is 10.6. The van der Waals surface area contributed by atoms with Crippen LogP contribution in [0, 0.1) is 17.8 Å². The first-order chi connectivity index (χ1) is 22.5. The Balaban J connectivity index is 1.42. The molecule has 2 fully saturated rings. The molecule has 0 N–H and O–H groups in total. The molecule has 1 amide bonds. The number of esters is 3. The van der Waals surface area contributed by atoms with Gasteiger partial charge in [-0.25, -0.2) is 4.98 Å². The number of aromatic nitrogens is 1. The molecule has 1 saturated heterocycles. The van der Waals surface area contributed by atoms with Gasteiger partial charge >= 0.3 is 17.9 Å². The van der Waals surface area contributed by atoms with E-state index in [1.165, 1.54) is 33.5 Å². The van der Waals surface area contributed by atoms with Crippen LogP contribution in [0.1, 0.15) is 101 Å². The number of piperidine rings is 1. The van der Waals surface area contributed by atoms with E-state index in [1.54, 1.807) is 23.2 Å². The Kier molecular flexibility index (Phi) is 13.0. The van der Waals surface area contributed by atoms with E-state index in [9.17, 15) is 19.2 Å². The summed E-state index contributed by atoms with van der Waals surface area (Å²) in [6.45, 7) is 8.71. The van der Waals surface area contributed by atoms with Crippen molar-refractivity contribution in [2.45, 2.75) is 97.9 Å². The predicted molar refractivity (Wildman–Crippen MR) is 176 cm³/mol. The Morgan fingerprint density at radius 3 is 2.04 bits per heavy atom. The highest BCUT2D eigenvalue weighted by Crippen LogP contribution is 2.46. The lowest BCUT2D eigenvalue weighted by Crippen LogP contribution is -2.48. The van der Waals surface area contributed by atoms with Gasteiger partial charge in [0.1, 0.15) is 25.6 Å². The van der Waals surface area contributed by atoms with Gasteiger partial charge in [0.2, 0.25) is 0 Å². The Morgan fingerprint density at radius 1 is 0.915 bits per heavy atom. The number of anilines is 1. The van der Waals surface area contributed by atoms with Crippen LogP contribution in [0.5, 0.6) is 0 Å². The summed E-state index contributed by atoms with van der Waals surface area (Å²) in [4.78, 5) is 57.8. The van der Waals surface area contributed by atoms with Crippen LogP contribution in [0.15, 0.2) is 41.1 Å². The van der Waals surface area contributed by atoms with Crippen LogP contribution in [0.3, 0.4) is 0 Å². The lowest BCUT2D eigenvalue weighted by Gasteiger charge is -2.43. The number of carbonyl (C=O) groups excluding carboxylic acids is 4. The van der Waals surface area contributed by atoms with Crippen LogP contribution in [-0.2, 0) is 28.6 Å². The fraction of sp³-hybridized carbons (Fsp3) is 0.639. The molecule has 0 atom stereocenters. The molecule has 2 aromatic rings. The zero-order valence-electron chi connectivity index (χ0n) is 28.5. The number of nitrogens with zero attached hydrogens (tertiary/aromatic N) is 3. The summed E-state index contributed by atoms with van der Waals surface area (Å²) in [5.41, 5.74) is 0.294. The molecule has 258 valence electrons. The van der Waals surface area contributed by atoms with Crippen LogP contribution < -0.4 is 4.90 Å². The molecule has 47 heavy (non-hydrogen) atoms. The topological polar surface area (TPSA) is 128 Å². The third-order valence-corrected chi connectivity index (χ3v) is 9.82. The van der Waals surface area contributed by atoms with Crippen LogP contribution in [-0.4, -0.2) is 79.2 Å². The molecule has 11 heteroatoms. The minimum Gasteiger partial charge on any atom is -0.465 e. The van der Waals surface area contributed by atoms with Crippen molar-refractivity contribution in [1.29, 1.82) is 0 Å². The molecule has 2 aliphatic rings. The van der Waals surface area contributed by atoms with E-state index in [0.29, 0.717) is 18.0 Å². The van der Waals surface area contributed by atoms with Crippen molar-refractivity contribution in [2.75, 3.05) is 44.4 Å². The SMILES string of the molecule is CC(=O)OCC(CCC1(CCN2CCC(N(C(=O)c3ccco3)c3ccc(C)cn3)CC2)CCCCC1)(COC(C)=O)COC(C)=O. The van der Waals surface area contributed by atoms with Crippen LogP contribution in [0.25, 0.3) is 0 Å². The first-order valence-corrected chi connectivity index (χ1v) is 16.9. The van der Waals surface area contributed by atoms with Crippen molar-refractivity contribution >= 4 is 29.6 Å². The molecular weight excluding hydrogens is 602 g/mol. The molecule has 0 radical (unpaired) electrons. The molecule has 0 bridgehead atoms. The third-order valence-electron chi connectivity index (χ3n) is 9.82. The summed E-state index contributed by atoms with van der Waals surface area (Å²) in [5.74, 6) is -0.529. The molecule has 4 rings (SSSR count). The summed E-state index contributed by atoms with van der Waals surface area (Å²) in [6, 6.07) is 7.31. The maximum Gasteiger partial charge on any atom is 0.302 e. The van der Waals surface area contributed by atoms with Crippen molar-refractivity contribution in [3.63, 3.8) is 0 Å². The van der Waals surface area contributed by atoms with Gasteiger partial charge < -0.3 is 23.5 Å². The standard InChI is InChI=1S/C36H51N3O8/c1-27-10-11-33(37-23-27)39(34(43)32-9-8-22-44-32)31-12-19-38(20-13-31)21-18-35(14-6-5-7-15-35)16-17-36(24-45-28(2)40,25-46-29(3)41)26-47-30(4)42/h8-11,22-23,31H,5-7,12-21,24-26H2,1-4H3. The maximum atomic E-state index is 13.5. The van der Waals surface area contributed by atoms with E-state index in [1.807, 2.05) is 19.1 Å². The Hall–Kier alpha value is -3.73. The zero-order chi connectivity index (χ0) is 33.9. The van der Waals surface area contributed by atoms with Crippen molar-refractivity contribution in [1.82, 2.24) is 9.88 Å². The average Bonchev–Trinajstić information content (AvgIpc) is 3.61. The number of carbonyl (C=O) groups is 4. The molecule has 0 aromatic carbocycles. The van der Waals surface area contributed by atoms with Crippen LogP contribution in [0.2, 0.25) is 0 Å². The highest BCUT2D eigenvalue weighted by molar-refractivity contribution is 6.04. The van der Waals surface area contributed by atoms with Crippen molar-refractivity contribution < 1.29 is 37.8 Å². The monoisotopic (exact) mass is 653 g/mol. The molecule has 0 spiro atoms. The minimum absolute atomic E-state index is 0.00661. The van der Waals surface area contributed by atoms with E-state index in [-0.39, 0.29) is 37.2 Å². The van der Waals surface area contributed by atoms with Gasteiger partial charge in [-0.3, -0.25) is 24.1 Å². The smallest absolute Gasteiger partial charge is 0.302 e. The molecule has 0 unspecified atom stereocenters. The number of likely N-dealkylation sites (tertiary alicyclic amines) is 1. The number of aryl methyl sites for hydroxylation is 1. The highest BCUT2D eigenvalue weighted by Gasteiger charge is 2.40. The number of rotatable bonds is 15. The molecule has 2 aromatic heterocycles. The number of hydrogen-bond donors (Lipinski definition) is 0. The van der Waals surface area contributed by atoms with Gasteiger partial charge in [-0.05, 0) is 87.6 Å².